The molecule has 3 aromatic rings. The van der Waals surface area contributed by atoms with Crippen LogP contribution in [-0.2, 0) is 26.7 Å². The third-order valence-electron chi connectivity index (χ3n) is 4.50. The van der Waals surface area contributed by atoms with Crippen LogP contribution < -0.4 is 4.18 Å². The lowest BCUT2D eigenvalue weighted by atomic mass is 10.2. The first-order valence-corrected chi connectivity index (χ1v) is 12.3. The fourth-order valence-electron chi connectivity index (χ4n) is 2.88. The van der Waals surface area contributed by atoms with Crippen LogP contribution in [0.3, 0.4) is 0 Å². The summed E-state index contributed by atoms with van der Waals surface area (Å²) in [6.07, 6.45) is 0. The van der Waals surface area contributed by atoms with Crippen molar-refractivity contribution >= 4 is 20.1 Å². The molecule has 0 spiro atoms. The van der Waals surface area contributed by atoms with Crippen LogP contribution in [0.25, 0.3) is 0 Å². The summed E-state index contributed by atoms with van der Waals surface area (Å²) in [5, 5.41) is 0. The lowest BCUT2D eigenvalue weighted by Gasteiger charge is -2.26. The average Bonchev–Trinajstić information content (AvgIpc) is 2.73. The molecule has 6 nitrogen and oxygen atoms in total. The maximum Gasteiger partial charge on any atom is 0.339 e. The molecular weight excluding hydrogens is 441 g/mol. The van der Waals surface area contributed by atoms with Crippen LogP contribution in [0.2, 0.25) is 0 Å². The Morgan fingerprint density at radius 1 is 0.806 bits per heavy atom. The lowest BCUT2D eigenvalue weighted by molar-refractivity contribution is 0.348. The van der Waals surface area contributed by atoms with Gasteiger partial charge in [-0.05, 0) is 67.9 Å². The normalized spacial score (nSPS) is 12.3. The van der Waals surface area contributed by atoms with Crippen molar-refractivity contribution in [3.63, 3.8) is 0 Å². The number of sulfonamides is 1. The Kier molecular flexibility index (Phi) is 6.78. The summed E-state index contributed by atoms with van der Waals surface area (Å²) >= 11 is 0. The topological polar surface area (TPSA) is 80.8 Å². The highest BCUT2D eigenvalue weighted by Gasteiger charge is 2.27. The van der Waals surface area contributed by atoms with E-state index in [1.54, 1.807) is 56.3 Å². The largest absolute Gasteiger partial charge is 0.379 e. The molecule has 0 bridgehead atoms. The number of rotatable bonds is 8. The van der Waals surface area contributed by atoms with Gasteiger partial charge in [-0.1, -0.05) is 30.3 Å². The Morgan fingerprint density at radius 2 is 1.39 bits per heavy atom. The molecule has 0 N–H and O–H groups in total. The Bertz CT molecular complexity index is 1230. The third kappa shape index (κ3) is 5.49. The van der Waals surface area contributed by atoms with Gasteiger partial charge in [0.05, 0.1) is 4.90 Å². The first-order valence-electron chi connectivity index (χ1n) is 9.45. The Morgan fingerprint density at radius 3 is 1.94 bits per heavy atom. The van der Waals surface area contributed by atoms with Crippen LogP contribution in [0.4, 0.5) is 4.39 Å². The maximum atomic E-state index is 13.0. The fourth-order valence-corrected chi connectivity index (χ4v) is 5.46. The van der Waals surface area contributed by atoms with E-state index in [4.69, 9.17) is 4.18 Å². The molecule has 0 aliphatic rings. The van der Waals surface area contributed by atoms with Crippen molar-refractivity contribution in [3.8, 4) is 5.75 Å². The quantitative estimate of drug-likeness (QED) is 0.468. The average molecular weight is 464 g/mol. The minimum absolute atomic E-state index is 0.0649. The molecule has 31 heavy (non-hydrogen) atoms. The van der Waals surface area contributed by atoms with Crippen molar-refractivity contribution in [2.24, 2.45) is 0 Å². The Hall–Kier alpha value is -2.75. The Balaban J connectivity index is 1.78. The lowest BCUT2D eigenvalue weighted by Crippen LogP contribution is -2.36. The van der Waals surface area contributed by atoms with Gasteiger partial charge in [0.2, 0.25) is 10.0 Å². The smallest absolute Gasteiger partial charge is 0.339 e. The highest BCUT2D eigenvalue weighted by molar-refractivity contribution is 7.89. The monoisotopic (exact) mass is 463 g/mol. The van der Waals surface area contributed by atoms with Crippen LogP contribution >= 0.6 is 0 Å². The van der Waals surface area contributed by atoms with E-state index < -0.39 is 26.0 Å². The molecule has 0 unspecified atom stereocenters. The van der Waals surface area contributed by atoms with Gasteiger partial charge in [0, 0.05) is 12.6 Å². The van der Waals surface area contributed by atoms with E-state index in [0.717, 1.165) is 24.3 Å². The summed E-state index contributed by atoms with van der Waals surface area (Å²) < 4.78 is 70.1. The first-order chi connectivity index (χ1) is 14.6. The molecule has 3 rings (SSSR count). The van der Waals surface area contributed by atoms with Crippen LogP contribution in [0, 0.1) is 5.82 Å². The Labute approximate surface area is 182 Å². The molecule has 164 valence electrons. The van der Waals surface area contributed by atoms with Crippen LogP contribution in [0.1, 0.15) is 19.4 Å². The fraction of sp³-hybridized carbons (Fsp3) is 0.182. The van der Waals surface area contributed by atoms with Crippen LogP contribution in [0.15, 0.2) is 88.7 Å². The molecule has 0 aliphatic carbocycles. The molecule has 0 aromatic heterocycles. The highest BCUT2D eigenvalue weighted by atomic mass is 32.2. The van der Waals surface area contributed by atoms with E-state index in [2.05, 4.69) is 0 Å². The van der Waals surface area contributed by atoms with Gasteiger partial charge in [-0.25, -0.2) is 12.8 Å². The van der Waals surface area contributed by atoms with Gasteiger partial charge in [-0.3, -0.25) is 0 Å². The minimum atomic E-state index is -4.11. The number of nitrogens with zero attached hydrogens (tertiary/aromatic N) is 1. The SMILES string of the molecule is CC(C)N(Cc1ccc(OS(=O)(=O)c2ccc(F)cc2)cc1)S(=O)(=O)c1ccccc1. The van der Waals surface area contributed by atoms with Gasteiger partial charge in [-0.15, -0.1) is 0 Å². The van der Waals surface area contributed by atoms with E-state index in [1.165, 1.54) is 16.4 Å². The van der Waals surface area contributed by atoms with Gasteiger partial charge < -0.3 is 4.18 Å². The molecule has 0 fully saturated rings. The van der Waals surface area contributed by atoms with Gasteiger partial charge in [0.15, 0.2) is 0 Å². The molecule has 0 atom stereocenters. The number of benzene rings is 3. The second-order valence-corrected chi connectivity index (χ2v) is 10.5. The molecule has 0 amide bonds. The molecular formula is C22H22FNO5S2. The van der Waals surface area contributed by atoms with Crippen molar-refractivity contribution < 1.29 is 25.4 Å². The molecule has 3 aromatic carbocycles. The van der Waals surface area contributed by atoms with Crippen molar-refractivity contribution in [2.75, 3.05) is 0 Å². The first kappa shape index (κ1) is 22.9. The summed E-state index contributed by atoms with van der Waals surface area (Å²) in [7, 11) is -7.81. The van der Waals surface area contributed by atoms with Crippen molar-refractivity contribution in [2.45, 2.75) is 36.2 Å². The van der Waals surface area contributed by atoms with Gasteiger partial charge in [0.1, 0.15) is 16.5 Å². The van der Waals surface area contributed by atoms with Crippen molar-refractivity contribution in [1.29, 1.82) is 0 Å². The van der Waals surface area contributed by atoms with Gasteiger partial charge in [0.25, 0.3) is 0 Å². The number of hydrogen-bond acceptors (Lipinski definition) is 5. The van der Waals surface area contributed by atoms with Gasteiger partial charge >= 0.3 is 10.1 Å². The number of hydrogen-bond donors (Lipinski definition) is 0. The van der Waals surface area contributed by atoms with Crippen molar-refractivity contribution in [3.05, 3.63) is 90.2 Å². The minimum Gasteiger partial charge on any atom is -0.379 e. The summed E-state index contributed by atoms with van der Waals surface area (Å²) in [6.45, 7) is 3.68. The van der Waals surface area contributed by atoms with E-state index >= 15 is 0 Å². The number of halogens is 1. The van der Waals surface area contributed by atoms with E-state index in [1.807, 2.05) is 0 Å². The summed E-state index contributed by atoms with van der Waals surface area (Å²) in [5.74, 6) is -0.487. The molecule has 0 aliphatic heterocycles. The summed E-state index contributed by atoms with van der Waals surface area (Å²) in [4.78, 5) is 0.0342. The maximum absolute atomic E-state index is 13.0. The van der Waals surface area contributed by atoms with E-state index in [9.17, 15) is 21.2 Å². The zero-order chi connectivity index (χ0) is 22.6. The van der Waals surface area contributed by atoms with E-state index in [-0.39, 0.29) is 28.1 Å². The zero-order valence-corrected chi connectivity index (χ0v) is 18.6. The second kappa shape index (κ2) is 9.17. The molecule has 9 heteroatoms. The molecule has 0 saturated carbocycles. The van der Waals surface area contributed by atoms with Gasteiger partial charge in [-0.2, -0.15) is 12.7 Å². The summed E-state index contributed by atoms with van der Waals surface area (Å²) in [5.41, 5.74) is 0.666. The molecule has 0 saturated heterocycles. The predicted octanol–water partition coefficient (Wildman–Crippen LogP) is 4.19. The zero-order valence-electron chi connectivity index (χ0n) is 17.0. The third-order valence-corrected chi connectivity index (χ3v) is 7.79. The van der Waals surface area contributed by atoms with Crippen LogP contribution in [-0.4, -0.2) is 27.2 Å². The molecule has 0 radical (unpaired) electrons. The molecule has 0 heterocycles. The second-order valence-electron chi connectivity index (χ2n) is 7.09. The van der Waals surface area contributed by atoms with E-state index in [0.29, 0.717) is 5.56 Å². The highest BCUT2D eigenvalue weighted by Crippen LogP contribution is 2.23. The predicted molar refractivity (Wildman–Crippen MR) is 115 cm³/mol. The van der Waals surface area contributed by atoms with Crippen LogP contribution in [0.5, 0.6) is 5.75 Å². The van der Waals surface area contributed by atoms with Crippen molar-refractivity contribution in [1.82, 2.24) is 4.31 Å². The standard InChI is InChI=1S/C22H22FNO5S2/c1-17(2)24(30(25,26)21-6-4-3-5-7-21)16-18-8-12-20(13-9-18)29-31(27,28)22-14-10-19(23)11-15-22/h3-15,17H,16H2,1-2H3. The summed E-state index contributed by atoms with van der Waals surface area (Å²) in [6, 6.07) is 18.3.